The van der Waals surface area contributed by atoms with Gasteiger partial charge in [0.2, 0.25) is 23.6 Å². The average Bonchev–Trinajstić information content (AvgIpc) is 3.60. The second-order valence-electron chi connectivity index (χ2n) is 18.9. The standard InChI is InChI=1S/C50H65F2N11O6/c1-31(64)61-24-17-39(38(29-61)48(54)62-19-5-7-33-25-36(34(27-53)28-55-2)37(47(51)52)26-42(33)62)56-35-15-22-60(23-16-35)45(66)10-6-18-59-20-13-32(14-21-59)30-69-43-9-4-8-40-46(43)58(3)50(68)63(40)41-11-12-44(65)57-49(41)67/h4,8-9,25-28,32,35,41,47,54,56H,5-7,10-24,29-30,53H2,1-3H3,(H,57,65,67). The second-order valence-corrected chi connectivity index (χ2v) is 18.9. The molecule has 5 aliphatic rings. The van der Waals surface area contributed by atoms with Crippen LogP contribution in [0.1, 0.15) is 100 Å². The van der Waals surface area contributed by atoms with E-state index in [-0.39, 0.29) is 60.2 Å². The Balaban J connectivity index is 0.815. The number of benzene rings is 2. The van der Waals surface area contributed by atoms with Crippen LogP contribution < -0.4 is 31.7 Å². The van der Waals surface area contributed by atoms with Gasteiger partial charge in [-0.1, -0.05) is 6.07 Å². The quantitative estimate of drug-likeness (QED) is 0.100. The summed E-state index contributed by atoms with van der Waals surface area (Å²) in [6.45, 7) is 7.10. The molecule has 1 aromatic heterocycles. The highest BCUT2D eigenvalue weighted by Gasteiger charge is 2.34. The minimum atomic E-state index is -2.77. The molecule has 0 radical (unpaired) electrons. The van der Waals surface area contributed by atoms with Crippen molar-refractivity contribution in [2.75, 3.05) is 70.9 Å². The molecule has 1 atom stereocenters. The first kappa shape index (κ1) is 49.1. The maximum atomic E-state index is 14.6. The number of nitrogens with two attached hydrogens (primary N) is 1. The van der Waals surface area contributed by atoms with Gasteiger partial charge in [0.1, 0.15) is 23.1 Å². The number of aliphatic imine (C=N–C) groups is 1. The summed E-state index contributed by atoms with van der Waals surface area (Å²) in [4.78, 5) is 75.6. The molecule has 0 saturated carbocycles. The lowest BCUT2D eigenvalue weighted by Crippen LogP contribution is -2.48. The van der Waals surface area contributed by atoms with Crippen LogP contribution in [0.3, 0.4) is 0 Å². The summed E-state index contributed by atoms with van der Waals surface area (Å²) in [5.41, 5.74) is 10.2. The summed E-state index contributed by atoms with van der Waals surface area (Å²) in [5, 5.41) is 15.6. The molecule has 4 amide bonds. The number of carbonyl (C=O) groups is 4. The van der Waals surface area contributed by atoms with Gasteiger partial charge in [-0.15, -0.1) is 0 Å². The number of likely N-dealkylation sites (tertiary alicyclic amines) is 2. The number of aryl methyl sites for hydroxylation is 2. The van der Waals surface area contributed by atoms with Crippen molar-refractivity contribution < 1.29 is 32.7 Å². The van der Waals surface area contributed by atoms with E-state index >= 15 is 0 Å². The van der Waals surface area contributed by atoms with Crippen LogP contribution >= 0.6 is 0 Å². The molecule has 6 heterocycles. The van der Waals surface area contributed by atoms with Gasteiger partial charge in [0, 0.05) is 113 Å². The number of halogens is 2. The number of allylic oxidation sites excluding steroid dienone is 1. The molecule has 19 heteroatoms. The fraction of sp³-hybridized carbons (Fsp3) is 0.540. The van der Waals surface area contributed by atoms with Crippen LogP contribution in [-0.4, -0.2) is 132 Å². The highest BCUT2D eigenvalue weighted by atomic mass is 19.3. The molecule has 0 bridgehead atoms. The molecule has 1 unspecified atom stereocenters. The van der Waals surface area contributed by atoms with Crippen LogP contribution in [0.4, 0.5) is 14.5 Å². The summed E-state index contributed by atoms with van der Waals surface area (Å²) in [7, 11) is 3.23. The Morgan fingerprint density at radius 1 is 1.00 bits per heavy atom. The van der Waals surface area contributed by atoms with E-state index in [1.165, 1.54) is 34.5 Å². The molecule has 370 valence electrons. The average molecular weight is 954 g/mol. The Kier molecular flexibility index (Phi) is 15.3. The Hall–Kier alpha value is -6.37. The van der Waals surface area contributed by atoms with E-state index in [0.29, 0.717) is 97.1 Å². The maximum Gasteiger partial charge on any atom is 0.329 e. The number of fused-ring (bicyclic) bond motifs is 2. The number of hydrogen-bond acceptors (Lipinski definition) is 11. The number of anilines is 1. The summed E-state index contributed by atoms with van der Waals surface area (Å²) >= 11 is 0. The SMILES string of the molecule is CN=CC(=CN)c1cc2c(cc1C(F)F)N(C(=N)C1=C(NC3CCN(C(=O)CCCN4CCC(COc5cccc6c5n(C)c(=O)n6C5CCC(=O)NC5=O)CC4)CC3)CCN(C(C)=O)C1)CCC2. The molecular weight excluding hydrogens is 889 g/mol. The van der Waals surface area contributed by atoms with Crippen molar-refractivity contribution in [3.8, 4) is 5.75 Å². The molecule has 69 heavy (non-hydrogen) atoms. The Morgan fingerprint density at radius 2 is 1.77 bits per heavy atom. The number of para-hydroxylation sites is 1. The van der Waals surface area contributed by atoms with E-state index in [2.05, 4.69) is 20.5 Å². The van der Waals surface area contributed by atoms with Gasteiger partial charge in [-0.3, -0.25) is 44.0 Å². The van der Waals surface area contributed by atoms with Gasteiger partial charge in [-0.05, 0) is 112 Å². The van der Waals surface area contributed by atoms with Gasteiger partial charge in [0.15, 0.2) is 0 Å². The zero-order chi connectivity index (χ0) is 48.9. The molecule has 3 aromatic rings. The summed E-state index contributed by atoms with van der Waals surface area (Å²) < 4.78 is 38.5. The number of amides is 4. The molecule has 0 aliphatic carbocycles. The first-order valence-corrected chi connectivity index (χ1v) is 24.3. The zero-order valence-corrected chi connectivity index (χ0v) is 39.9. The molecular formula is C50H65F2N11O6. The van der Waals surface area contributed by atoms with E-state index in [4.69, 9.17) is 10.5 Å². The number of piperidine rings is 3. The predicted molar refractivity (Wildman–Crippen MR) is 261 cm³/mol. The lowest BCUT2D eigenvalue weighted by Gasteiger charge is -2.39. The van der Waals surface area contributed by atoms with Crippen LogP contribution in [0.5, 0.6) is 5.75 Å². The monoisotopic (exact) mass is 954 g/mol. The van der Waals surface area contributed by atoms with Crippen molar-refractivity contribution in [1.29, 1.82) is 5.41 Å². The van der Waals surface area contributed by atoms with Gasteiger partial charge in [-0.25, -0.2) is 13.6 Å². The molecule has 3 fully saturated rings. The number of hydrogen-bond donors (Lipinski definition) is 4. The topological polar surface area (TPSA) is 204 Å². The van der Waals surface area contributed by atoms with Gasteiger partial charge >= 0.3 is 5.69 Å². The number of ether oxygens (including phenoxy) is 1. The molecule has 8 rings (SSSR count). The third-order valence-corrected chi connectivity index (χ3v) is 14.6. The fourth-order valence-corrected chi connectivity index (χ4v) is 10.7. The summed E-state index contributed by atoms with van der Waals surface area (Å²) in [6, 6.07) is 7.99. The number of imidazole rings is 1. The van der Waals surface area contributed by atoms with Crippen LogP contribution in [-0.2, 0) is 32.6 Å². The molecule has 3 saturated heterocycles. The largest absolute Gasteiger partial charge is 0.491 e. The zero-order valence-electron chi connectivity index (χ0n) is 39.9. The van der Waals surface area contributed by atoms with Crippen LogP contribution in [0, 0.1) is 11.3 Å². The van der Waals surface area contributed by atoms with Crippen molar-refractivity contribution in [2.24, 2.45) is 23.7 Å². The lowest BCUT2D eigenvalue weighted by molar-refractivity contribution is -0.136. The smallest absolute Gasteiger partial charge is 0.329 e. The van der Waals surface area contributed by atoms with E-state index in [1.807, 2.05) is 17.0 Å². The number of alkyl halides is 2. The Bertz CT molecular complexity index is 2620. The van der Waals surface area contributed by atoms with Crippen LogP contribution in [0.2, 0.25) is 0 Å². The van der Waals surface area contributed by atoms with E-state index in [1.54, 1.807) is 36.0 Å². The second kappa shape index (κ2) is 21.5. The maximum absolute atomic E-state index is 14.6. The predicted octanol–water partition coefficient (Wildman–Crippen LogP) is 4.64. The molecule has 0 spiro atoms. The van der Waals surface area contributed by atoms with Crippen LogP contribution in [0.15, 0.2) is 57.6 Å². The van der Waals surface area contributed by atoms with Gasteiger partial charge < -0.3 is 35.4 Å². The Labute approximate surface area is 400 Å². The van der Waals surface area contributed by atoms with Crippen molar-refractivity contribution >= 4 is 58.0 Å². The van der Waals surface area contributed by atoms with Gasteiger partial charge in [-0.2, -0.15) is 0 Å². The molecule has 5 N–H and O–H groups in total. The number of nitrogens with zero attached hydrogens (tertiary/aromatic N) is 7. The van der Waals surface area contributed by atoms with Crippen molar-refractivity contribution in [1.82, 2.24) is 34.5 Å². The third-order valence-electron chi connectivity index (χ3n) is 14.6. The first-order chi connectivity index (χ1) is 33.3. The van der Waals surface area contributed by atoms with Crippen molar-refractivity contribution in [3.63, 3.8) is 0 Å². The summed E-state index contributed by atoms with van der Waals surface area (Å²) in [6.07, 6.45) is 6.93. The number of imide groups is 1. The normalized spacial score (nSPS) is 20.3. The number of carbonyl (C=O) groups excluding carboxylic acids is 4. The minimum absolute atomic E-state index is 0.0723. The van der Waals surface area contributed by atoms with Crippen molar-refractivity contribution in [2.45, 2.75) is 96.1 Å². The van der Waals surface area contributed by atoms with Gasteiger partial charge in [0.25, 0.3) is 6.43 Å². The molecule has 17 nitrogen and oxygen atoms in total. The fourth-order valence-electron chi connectivity index (χ4n) is 10.7. The van der Waals surface area contributed by atoms with E-state index in [0.717, 1.165) is 69.4 Å². The third kappa shape index (κ3) is 10.6. The molecule has 2 aromatic carbocycles. The van der Waals surface area contributed by atoms with Gasteiger partial charge in [0.05, 0.1) is 18.7 Å². The summed E-state index contributed by atoms with van der Waals surface area (Å²) in [5.74, 6) is 0.348. The van der Waals surface area contributed by atoms with E-state index in [9.17, 15) is 38.2 Å². The Morgan fingerprint density at radius 3 is 2.46 bits per heavy atom. The van der Waals surface area contributed by atoms with Crippen molar-refractivity contribution in [3.05, 3.63) is 75.0 Å². The highest BCUT2D eigenvalue weighted by molar-refractivity contribution is 6.12. The van der Waals surface area contributed by atoms with E-state index < -0.39 is 18.4 Å². The lowest BCUT2D eigenvalue weighted by atomic mass is 9.91. The highest BCUT2D eigenvalue weighted by Crippen LogP contribution is 2.38. The van der Waals surface area contributed by atoms with Crippen LogP contribution in [0.25, 0.3) is 16.6 Å². The number of aromatic nitrogens is 2. The number of rotatable bonds is 14. The molecule has 5 aliphatic heterocycles. The minimum Gasteiger partial charge on any atom is -0.491 e. The number of amidine groups is 1. The number of nitrogens with one attached hydrogen (secondary N) is 3. The first-order valence-electron chi connectivity index (χ1n) is 24.3.